The number of rotatable bonds is 6. The highest BCUT2D eigenvalue weighted by atomic mass is 32.2. The number of carbonyl (C=O) groups is 1. The van der Waals surface area contributed by atoms with Gasteiger partial charge in [0, 0.05) is 18.1 Å². The third-order valence-electron chi connectivity index (χ3n) is 4.32. The summed E-state index contributed by atoms with van der Waals surface area (Å²) in [6.07, 6.45) is 0.0808. The van der Waals surface area contributed by atoms with E-state index in [1.54, 1.807) is 37.4 Å². The van der Waals surface area contributed by atoms with Gasteiger partial charge in [0.05, 0.1) is 19.9 Å². The summed E-state index contributed by atoms with van der Waals surface area (Å²) in [6.45, 7) is 1.67. The van der Waals surface area contributed by atoms with Crippen LogP contribution in [0.1, 0.15) is 11.5 Å². The first-order chi connectivity index (χ1) is 15.8. The van der Waals surface area contributed by atoms with Gasteiger partial charge < -0.3 is 24.2 Å². The number of halogens is 1. The van der Waals surface area contributed by atoms with Crippen LogP contribution in [0.2, 0.25) is 0 Å². The van der Waals surface area contributed by atoms with E-state index in [1.165, 1.54) is 20.3 Å². The van der Waals surface area contributed by atoms with Crippen LogP contribution in [0.4, 0.5) is 14.9 Å². The Morgan fingerprint density at radius 3 is 2.42 bits per heavy atom. The van der Waals surface area contributed by atoms with Crippen molar-refractivity contribution in [3.05, 3.63) is 47.6 Å². The number of hydrogen-bond donors (Lipinski definition) is 2. The molecule has 0 atom stereocenters. The molecule has 1 heterocycles. The number of ether oxygens (including phenoxy) is 2. The van der Waals surface area contributed by atoms with Crippen molar-refractivity contribution >= 4 is 34.3 Å². The monoisotopic (exact) mass is 474 g/mol. The van der Waals surface area contributed by atoms with E-state index in [-0.39, 0.29) is 27.8 Å². The van der Waals surface area contributed by atoms with Crippen LogP contribution in [0.15, 0.2) is 44.8 Å². The Hall–Kier alpha value is -3.93. The SMILES string of the molecule is COc1cc(C(=Nc2ccc(-c3noc(C)n3)cc2)C(=NC(=O)O)SC)c(F)c(O)c1OC. The largest absolute Gasteiger partial charge is 0.502 e. The van der Waals surface area contributed by atoms with Crippen LogP contribution in [-0.4, -0.2) is 57.7 Å². The number of hydrogen-bond acceptors (Lipinski definition) is 9. The number of aryl methyl sites for hydroxylation is 1. The smallest absolute Gasteiger partial charge is 0.432 e. The van der Waals surface area contributed by atoms with E-state index < -0.39 is 17.7 Å². The molecule has 0 radical (unpaired) electrons. The zero-order chi connectivity index (χ0) is 24.1. The number of phenolic OH excluding ortho intramolecular Hbond substituents is 1. The zero-order valence-electron chi connectivity index (χ0n) is 18.0. The van der Waals surface area contributed by atoms with E-state index >= 15 is 4.39 Å². The Bertz CT molecular complexity index is 1240. The molecule has 0 saturated carbocycles. The van der Waals surface area contributed by atoms with Crippen LogP contribution < -0.4 is 9.47 Å². The maximum absolute atomic E-state index is 15.1. The fraction of sp³-hybridized carbons (Fsp3) is 0.190. The summed E-state index contributed by atoms with van der Waals surface area (Å²) in [5, 5.41) is 23.2. The molecule has 3 rings (SSSR count). The first kappa shape index (κ1) is 23.7. The first-order valence-corrected chi connectivity index (χ1v) is 10.5. The molecule has 0 fully saturated rings. The average Bonchev–Trinajstić information content (AvgIpc) is 3.24. The summed E-state index contributed by atoms with van der Waals surface area (Å²) >= 11 is 0.947. The van der Waals surface area contributed by atoms with Gasteiger partial charge in [-0.2, -0.15) is 9.98 Å². The number of thioether (sulfide) groups is 1. The van der Waals surface area contributed by atoms with E-state index in [9.17, 15) is 15.0 Å². The van der Waals surface area contributed by atoms with E-state index in [1.807, 2.05) is 0 Å². The van der Waals surface area contributed by atoms with Crippen molar-refractivity contribution in [3.63, 3.8) is 0 Å². The molecule has 0 aliphatic heterocycles. The molecule has 0 unspecified atom stereocenters. The molecule has 3 aromatic rings. The lowest BCUT2D eigenvalue weighted by Gasteiger charge is -2.15. The van der Waals surface area contributed by atoms with Gasteiger partial charge in [0.15, 0.2) is 17.3 Å². The molecule has 10 nitrogen and oxygen atoms in total. The molecule has 0 aliphatic carbocycles. The summed E-state index contributed by atoms with van der Waals surface area (Å²) < 4.78 is 30.3. The normalized spacial score (nSPS) is 12.0. The minimum absolute atomic E-state index is 0.0257. The van der Waals surface area contributed by atoms with Gasteiger partial charge in [0.25, 0.3) is 0 Å². The van der Waals surface area contributed by atoms with E-state index in [0.29, 0.717) is 23.0 Å². The third kappa shape index (κ3) is 5.12. The van der Waals surface area contributed by atoms with Crippen molar-refractivity contribution in [2.24, 2.45) is 9.98 Å². The lowest BCUT2D eigenvalue weighted by molar-refractivity contribution is 0.206. The fourth-order valence-corrected chi connectivity index (χ4v) is 3.38. The number of methoxy groups -OCH3 is 2. The third-order valence-corrected chi connectivity index (χ3v) is 5.00. The molecule has 0 spiro atoms. The van der Waals surface area contributed by atoms with Gasteiger partial charge in [-0.15, -0.1) is 11.8 Å². The van der Waals surface area contributed by atoms with Gasteiger partial charge in [-0.05, 0) is 36.6 Å². The molecule has 172 valence electrons. The van der Waals surface area contributed by atoms with E-state index in [0.717, 1.165) is 11.8 Å². The Morgan fingerprint density at radius 1 is 1.21 bits per heavy atom. The average molecular weight is 474 g/mol. The van der Waals surface area contributed by atoms with Gasteiger partial charge in [-0.1, -0.05) is 5.16 Å². The predicted octanol–water partition coefficient (Wildman–Crippen LogP) is 4.47. The maximum atomic E-state index is 15.1. The van der Waals surface area contributed by atoms with E-state index in [2.05, 4.69) is 20.1 Å². The fourth-order valence-electron chi connectivity index (χ4n) is 2.86. The lowest BCUT2D eigenvalue weighted by atomic mass is 10.1. The van der Waals surface area contributed by atoms with Crippen LogP contribution >= 0.6 is 11.8 Å². The number of amides is 1. The highest BCUT2D eigenvalue weighted by Crippen LogP contribution is 2.41. The standard InChI is InChI=1S/C21H19FN4O6S/c1-10-23-19(26-32-10)11-5-7-12(8-6-11)24-16(20(33-4)25-21(28)29)13-9-14(30-2)18(31-3)17(27)15(13)22/h5-9,27H,1-4H3,(H,28,29). The molecule has 1 aromatic heterocycles. The predicted molar refractivity (Wildman–Crippen MR) is 121 cm³/mol. The summed E-state index contributed by atoms with van der Waals surface area (Å²) in [6, 6.07) is 7.82. The molecule has 0 bridgehead atoms. The molecular formula is C21H19FN4O6S. The van der Waals surface area contributed by atoms with E-state index in [4.69, 9.17) is 14.0 Å². The minimum atomic E-state index is -1.49. The van der Waals surface area contributed by atoms with Crippen LogP contribution in [0, 0.1) is 12.7 Å². The number of phenols is 1. The number of aliphatic imine (C=N–C) groups is 2. The van der Waals surface area contributed by atoms with Crippen LogP contribution in [0.3, 0.4) is 0 Å². The highest BCUT2D eigenvalue weighted by Gasteiger charge is 2.25. The quantitative estimate of drug-likeness (QED) is 0.391. The summed E-state index contributed by atoms with van der Waals surface area (Å²) in [5.41, 5.74) is 0.667. The molecule has 12 heteroatoms. The summed E-state index contributed by atoms with van der Waals surface area (Å²) in [5.74, 6) is -1.27. The summed E-state index contributed by atoms with van der Waals surface area (Å²) in [7, 11) is 2.56. The Morgan fingerprint density at radius 2 is 1.91 bits per heavy atom. The van der Waals surface area contributed by atoms with Gasteiger partial charge >= 0.3 is 6.09 Å². The number of aromatic nitrogens is 2. The first-order valence-electron chi connectivity index (χ1n) is 9.28. The van der Waals surface area contributed by atoms with Crippen molar-refractivity contribution < 1.29 is 33.4 Å². The minimum Gasteiger partial charge on any atom is -0.502 e. The second-order valence-corrected chi connectivity index (χ2v) is 7.17. The van der Waals surface area contributed by atoms with Crippen molar-refractivity contribution in [2.45, 2.75) is 6.92 Å². The van der Waals surface area contributed by atoms with Gasteiger partial charge in [-0.3, -0.25) is 0 Å². The molecule has 1 amide bonds. The Kier molecular flexibility index (Phi) is 7.28. The number of nitrogens with zero attached hydrogens (tertiary/aromatic N) is 4. The second-order valence-electron chi connectivity index (χ2n) is 6.37. The highest BCUT2D eigenvalue weighted by molar-refractivity contribution is 8.15. The lowest BCUT2D eigenvalue weighted by Crippen LogP contribution is -2.16. The van der Waals surface area contributed by atoms with Crippen LogP contribution in [0.25, 0.3) is 11.4 Å². The molecule has 0 aliphatic rings. The Balaban J connectivity index is 2.18. The summed E-state index contributed by atoms with van der Waals surface area (Å²) in [4.78, 5) is 23.3. The molecule has 33 heavy (non-hydrogen) atoms. The molecular weight excluding hydrogens is 455 g/mol. The number of aromatic hydroxyl groups is 1. The maximum Gasteiger partial charge on any atom is 0.432 e. The Labute approximate surface area is 191 Å². The molecule has 2 N–H and O–H groups in total. The molecule has 2 aromatic carbocycles. The number of carboxylic acid groups (broad SMARTS) is 1. The topological polar surface area (TPSA) is 140 Å². The van der Waals surface area contributed by atoms with Gasteiger partial charge in [0.1, 0.15) is 10.8 Å². The molecule has 0 saturated heterocycles. The van der Waals surface area contributed by atoms with Crippen molar-refractivity contribution in [2.75, 3.05) is 20.5 Å². The zero-order valence-corrected chi connectivity index (χ0v) is 18.8. The van der Waals surface area contributed by atoms with Crippen molar-refractivity contribution in [3.8, 4) is 28.6 Å². The van der Waals surface area contributed by atoms with Crippen LogP contribution in [0.5, 0.6) is 17.2 Å². The second kappa shape index (κ2) is 10.1. The van der Waals surface area contributed by atoms with Crippen LogP contribution in [-0.2, 0) is 0 Å². The van der Waals surface area contributed by atoms with Crippen molar-refractivity contribution in [1.82, 2.24) is 10.1 Å². The number of benzene rings is 2. The van der Waals surface area contributed by atoms with Crippen molar-refractivity contribution in [1.29, 1.82) is 0 Å². The van der Waals surface area contributed by atoms with Gasteiger partial charge in [0.2, 0.25) is 17.5 Å². The van der Waals surface area contributed by atoms with Gasteiger partial charge in [-0.25, -0.2) is 14.2 Å².